The molecule has 0 bridgehead atoms. The molecular formula is C61H42N2O. The van der Waals surface area contributed by atoms with Crippen LogP contribution in [0.15, 0.2) is 223 Å². The van der Waals surface area contributed by atoms with Crippen molar-refractivity contribution in [2.75, 3.05) is 4.90 Å². The maximum absolute atomic E-state index is 6.86. The van der Waals surface area contributed by atoms with Gasteiger partial charge in [0.15, 0.2) is 5.58 Å². The van der Waals surface area contributed by atoms with Gasteiger partial charge in [-0.2, -0.15) is 0 Å². The van der Waals surface area contributed by atoms with E-state index in [1.165, 1.54) is 77.2 Å². The van der Waals surface area contributed by atoms with Crippen molar-refractivity contribution >= 4 is 71.6 Å². The van der Waals surface area contributed by atoms with E-state index in [1.54, 1.807) is 0 Å². The number of rotatable bonds is 6. The Morgan fingerprint density at radius 3 is 1.83 bits per heavy atom. The van der Waals surface area contributed by atoms with Crippen molar-refractivity contribution in [3.63, 3.8) is 0 Å². The van der Waals surface area contributed by atoms with Gasteiger partial charge in [-0.25, -0.2) is 0 Å². The molecule has 3 heteroatoms. The fourth-order valence-electron chi connectivity index (χ4n) is 10.6. The molecule has 2 aromatic heterocycles. The van der Waals surface area contributed by atoms with Crippen molar-refractivity contribution in [1.29, 1.82) is 0 Å². The van der Waals surface area contributed by atoms with E-state index in [-0.39, 0.29) is 5.41 Å². The van der Waals surface area contributed by atoms with Gasteiger partial charge in [-0.15, -0.1) is 0 Å². The Morgan fingerprint density at radius 2 is 1.02 bits per heavy atom. The van der Waals surface area contributed by atoms with Crippen LogP contribution in [0.5, 0.6) is 0 Å². The molecule has 0 radical (unpaired) electrons. The molecule has 0 fully saturated rings. The molecule has 1 aliphatic carbocycles. The van der Waals surface area contributed by atoms with E-state index in [0.717, 1.165) is 44.6 Å². The second kappa shape index (κ2) is 13.9. The maximum Gasteiger partial charge on any atom is 0.160 e. The number of anilines is 3. The molecule has 0 saturated carbocycles. The average Bonchev–Trinajstić information content (AvgIpc) is 3.98. The van der Waals surface area contributed by atoms with Crippen LogP contribution in [-0.4, -0.2) is 4.57 Å². The fraction of sp³-hybridized carbons (Fsp3) is 0.0492. The van der Waals surface area contributed by atoms with Crippen molar-refractivity contribution in [2.45, 2.75) is 19.3 Å². The van der Waals surface area contributed by atoms with Gasteiger partial charge in [0.25, 0.3) is 0 Å². The zero-order chi connectivity index (χ0) is 42.5. The molecule has 0 spiro atoms. The van der Waals surface area contributed by atoms with E-state index in [9.17, 15) is 0 Å². The Morgan fingerprint density at radius 1 is 0.422 bits per heavy atom. The molecule has 302 valence electrons. The first-order chi connectivity index (χ1) is 31.5. The summed E-state index contributed by atoms with van der Waals surface area (Å²) in [6.45, 7) is 4.70. The van der Waals surface area contributed by atoms with E-state index >= 15 is 0 Å². The first-order valence-electron chi connectivity index (χ1n) is 22.2. The lowest BCUT2D eigenvalue weighted by Crippen LogP contribution is -2.16. The van der Waals surface area contributed by atoms with Gasteiger partial charge in [-0.3, -0.25) is 0 Å². The third-order valence-electron chi connectivity index (χ3n) is 13.8. The highest BCUT2D eigenvalue weighted by Gasteiger charge is 2.36. The second-order valence-electron chi connectivity index (χ2n) is 17.7. The van der Waals surface area contributed by atoms with Gasteiger partial charge in [-0.1, -0.05) is 166 Å². The highest BCUT2D eigenvalue weighted by molar-refractivity contribution is 6.23. The van der Waals surface area contributed by atoms with Crippen LogP contribution < -0.4 is 4.90 Å². The number of fused-ring (bicyclic) bond motifs is 11. The summed E-state index contributed by atoms with van der Waals surface area (Å²) in [7, 11) is 0. The number of hydrogen-bond donors (Lipinski definition) is 0. The summed E-state index contributed by atoms with van der Waals surface area (Å²) < 4.78 is 9.23. The molecule has 0 unspecified atom stereocenters. The number of hydrogen-bond acceptors (Lipinski definition) is 2. The normalized spacial score (nSPS) is 13.0. The summed E-state index contributed by atoms with van der Waals surface area (Å²) in [6, 6.07) is 79.5. The minimum atomic E-state index is -0.144. The summed E-state index contributed by atoms with van der Waals surface area (Å²) in [6.07, 6.45) is 0. The van der Waals surface area contributed by atoms with Gasteiger partial charge in [-0.05, 0) is 122 Å². The summed E-state index contributed by atoms with van der Waals surface area (Å²) in [5.74, 6) is 0. The zero-order valence-corrected chi connectivity index (χ0v) is 35.6. The average molecular weight is 819 g/mol. The molecule has 0 atom stereocenters. The van der Waals surface area contributed by atoms with Crippen LogP contribution in [0.25, 0.3) is 93.6 Å². The lowest BCUT2D eigenvalue weighted by atomic mass is 9.82. The van der Waals surface area contributed by atoms with Crippen molar-refractivity contribution < 1.29 is 4.42 Å². The Hall–Kier alpha value is -8.14. The van der Waals surface area contributed by atoms with Crippen LogP contribution in [0.3, 0.4) is 0 Å². The highest BCUT2D eigenvalue weighted by atomic mass is 16.3. The van der Waals surface area contributed by atoms with Gasteiger partial charge in [0.1, 0.15) is 5.58 Å². The predicted octanol–water partition coefficient (Wildman–Crippen LogP) is 16.9. The van der Waals surface area contributed by atoms with E-state index in [1.807, 2.05) is 0 Å². The minimum Gasteiger partial charge on any atom is -0.454 e. The lowest BCUT2D eigenvalue weighted by molar-refractivity contribution is 0.660. The molecule has 0 saturated heterocycles. The first kappa shape index (κ1) is 36.5. The molecule has 0 N–H and O–H groups in total. The Bertz CT molecular complexity index is 3800. The topological polar surface area (TPSA) is 21.3 Å². The van der Waals surface area contributed by atoms with Gasteiger partial charge < -0.3 is 13.9 Å². The van der Waals surface area contributed by atoms with E-state index in [0.29, 0.717) is 0 Å². The number of nitrogens with zero attached hydrogens (tertiary/aromatic N) is 2. The quantitative estimate of drug-likeness (QED) is 0.167. The number of aromatic nitrogens is 1. The molecule has 3 nitrogen and oxygen atoms in total. The monoisotopic (exact) mass is 818 g/mol. The first-order valence-corrected chi connectivity index (χ1v) is 22.2. The van der Waals surface area contributed by atoms with Crippen molar-refractivity contribution in [2.24, 2.45) is 0 Å². The van der Waals surface area contributed by atoms with E-state index < -0.39 is 0 Å². The van der Waals surface area contributed by atoms with Crippen LogP contribution >= 0.6 is 0 Å². The van der Waals surface area contributed by atoms with Crippen LogP contribution in [0.1, 0.15) is 25.0 Å². The molecule has 13 rings (SSSR count). The number of benzene rings is 10. The second-order valence-corrected chi connectivity index (χ2v) is 17.7. The van der Waals surface area contributed by atoms with Crippen molar-refractivity contribution in [3.8, 4) is 39.1 Å². The molecule has 2 heterocycles. The van der Waals surface area contributed by atoms with Gasteiger partial charge >= 0.3 is 0 Å². The Labute approximate surface area is 371 Å². The fourth-order valence-corrected chi connectivity index (χ4v) is 10.6. The Kier molecular flexibility index (Phi) is 7.95. The number of furan rings is 1. The Balaban J connectivity index is 0.913. The lowest BCUT2D eigenvalue weighted by Gasteiger charge is -2.28. The van der Waals surface area contributed by atoms with E-state index in [2.05, 4.69) is 242 Å². The molecule has 10 aromatic carbocycles. The highest BCUT2D eigenvalue weighted by Crippen LogP contribution is 2.52. The van der Waals surface area contributed by atoms with E-state index in [4.69, 9.17) is 4.42 Å². The third-order valence-corrected chi connectivity index (χ3v) is 13.8. The van der Waals surface area contributed by atoms with Crippen LogP contribution in [-0.2, 0) is 5.41 Å². The standard InChI is InChI=1S/C61H42N2O/c1-61(2)53-21-11-8-18-48(53)49-34-33-46(38-54(49)61)62(57-37-43-14-6-7-17-47(43)59-51-20-10-13-23-58(51)64-60(57)59)45-31-28-40(29-32-45)39-24-26-41(27-25-39)42-30-35-56-52(36-42)50-19-9-12-22-55(50)63(56)44-15-4-3-5-16-44/h3-38H,1-2H3. The zero-order valence-electron chi connectivity index (χ0n) is 35.6. The van der Waals surface area contributed by atoms with Crippen LogP contribution in [0.2, 0.25) is 0 Å². The molecule has 0 amide bonds. The van der Waals surface area contributed by atoms with Gasteiger partial charge in [0, 0.05) is 44.0 Å². The van der Waals surface area contributed by atoms with Crippen LogP contribution in [0.4, 0.5) is 17.1 Å². The summed E-state index contributed by atoms with van der Waals surface area (Å²) in [4.78, 5) is 2.40. The van der Waals surface area contributed by atoms with Gasteiger partial charge in [0.2, 0.25) is 0 Å². The SMILES string of the molecule is CC1(C)c2ccccc2-c2ccc(N(c3ccc(-c4ccc(-c5ccc6c(c5)c5ccccc5n6-c5ccccc5)cc4)cc3)c3cc4ccccc4c4c3oc3ccccc34)cc21. The number of para-hydroxylation sites is 3. The van der Waals surface area contributed by atoms with Gasteiger partial charge in [0.05, 0.1) is 16.7 Å². The van der Waals surface area contributed by atoms with Crippen molar-refractivity contribution in [1.82, 2.24) is 4.57 Å². The predicted molar refractivity (Wildman–Crippen MR) is 269 cm³/mol. The summed E-state index contributed by atoms with van der Waals surface area (Å²) in [5, 5.41) is 7.14. The van der Waals surface area contributed by atoms with Crippen LogP contribution in [0, 0.1) is 0 Å². The molecule has 1 aliphatic rings. The minimum absolute atomic E-state index is 0.144. The summed E-state index contributed by atoms with van der Waals surface area (Å²) in [5.41, 5.74) is 18.4. The third kappa shape index (κ3) is 5.47. The summed E-state index contributed by atoms with van der Waals surface area (Å²) >= 11 is 0. The van der Waals surface area contributed by atoms with Crippen molar-refractivity contribution in [3.05, 3.63) is 230 Å². The smallest absolute Gasteiger partial charge is 0.160 e. The molecule has 0 aliphatic heterocycles. The maximum atomic E-state index is 6.86. The largest absolute Gasteiger partial charge is 0.454 e. The molecule has 12 aromatic rings. The molecule has 64 heavy (non-hydrogen) atoms. The molecular weight excluding hydrogens is 777 g/mol.